The van der Waals surface area contributed by atoms with Gasteiger partial charge in [0.25, 0.3) is 0 Å². The van der Waals surface area contributed by atoms with Crippen LogP contribution in [0.4, 0.5) is 0 Å². The molecular weight excluding hydrogens is 222 g/mol. The second kappa shape index (κ2) is 11.8. The van der Waals surface area contributed by atoms with Crippen molar-refractivity contribution in [3.05, 3.63) is 0 Å². The fourth-order valence-corrected chi connectivity index (χ4v) is 1.11. The topological polar surface area (TPSA) is 58.6 Å². The molecule has 0 aromatic carbocycles. The molecule has 0 rings (SSSR count). The van der Waals surface area contributed by atoms with Gasteiger partial charge in [-0.15, -0.1) is 0 Å². The standard InChI is InChI=1S/C9H22NO.C3H6O3/c1-5-7-8-10(3,4)9-11-6-2;1-6-2-3(4)5/h5-9H2,1-4H3;2H2,1H3,(H,4,5)/q+1;/p-1. The van der Waals surface area contributed by atoms with Gasteiger partial charge in [-0.25, -0.2) is 0 Å². The fraction of sp³-hybridized carbons (Fsp3) is 0.917. The zero-order valence-electron chi connectivity index (χ0n) is 11.8. The molecule has 0 amide bonds. The average Bonchev–Trinajstić information content (AvgIpc) is 2.24. The van der Waals surface area contributed by atoms with Crippen LogP contribution in [-0.4, -0.2) is 58.1 Å². The van der Waals surface area contributed by atoms with Crippen molar-refractivity contribution >= 4 is 5.97 Å². The Kier molecular flexibility index (Phi) is 13.0. The summed E-state index contributed by atoms with van der Waals surface area (Å²) in [5, 5.41) is 9.36. The van der Waals surface area contributed by atoms with Gasteiger partial charge in [0.1, 0.15) is 0 Å². The number of rotatable bonds is 8. The summed E-state index contributed by atoms with van der Waals surface area (Å²) < 4.78 is 10.5. The summed E-state index contributed by atoms with van der Waals surface area (Å²) >= 11 is 0. The van der Waals surface area contributed by atoms with Gasteiger partial charge < -0.3 is 23.9 Å². The highest BCUT2D eigenvalue weighted by Crippen LogP contribution is 2.01. The van der Waals surface area contributed by atoms with Crippen LogP contribution >= 0.6 is 0 Å². The lowest BCUT2D eigenvalue weighted by Crippen LogP contribution is -2.42. The lowest BCUT2D eigenvalue weighted by Gasteiger charge is -2.28. The van der Waals surface area contributed by atoms with E-state index in [1.807, 2.05) is 6.92 Å². The Morgan fingerprint density at radius 1 is 1.29 bits per heavy atom. The van der Waals surface area contributed by atoms with E-state index in [0.717, 1.165) is 17.8 Å². The minimum atomic E-state index is -1.18. The van der Waals surface area contributed by atoms with Gasteiger partial charge in [0, 0.05) is 13.7 Å². The summed E-state index contributed by atoms with van der Waals surface area (Å²) in [4.78, 5) is 9.36. The zero-order valence-corrected chi connectivity index (χ0v) is 11.8. The number of hydrogen-bond acceptors (Lipinski definition) is 4. The molecule has 104 valence electrons. The molecule has 0 fully saturated rings. The van der Waals surface area contributed by atoms with E-state index in [-0.39, 0.29) is 6.61 Å². The average molecular weight is 249 g/mol. The quantitative estimate of drug-likeness (QED) is 0.457. The molecule has 0 spiro atoms. The van der Waals surface area contributed by atoms with Crippen molar-refractivity contribution in [3.63, 3.8) is 0 Å². The summed E-state index contributed by atoms with van der Waals surface area (Å²) in [5.41, 5.74) is 0. The van der Waals surface area contributed by atoms with Crippen LogP contribution in [0.3, 0.4) is 0 Å². The number of quaternary nitrogens is 1. The Morgan fingerprint density at radius 2 is 1.88 bits per heavy atom. The van der Waals surface area contributed by atoms with Crippen molar-refractivity contribution < 1.29 is 23.9 Å². The van der Waals surface area contributed by atoms with Crippen LogP contribution in [0.5, 0.6) is 0 Å². The summed E-state index contributed by atoms with van der Waals surface area (Å²) in [5.74, 6) is -1.18. The second-order valence-electron chi connectivity index (χ2n) is 4.44. The Morgan fingerprint density at radius 3 is 2.18 bits per heavy atom. The van der Waals surface area contributed by atoms with E-state index < -0.39 is 5.97 Å². The van der Waals surface area contributed by atoms with Crippen LogP contribution < -0.4 is 5.11 Å². The first-order valence-corrected chi connectivity index (χ1v) is 5.98. The number of aliphatic carboxylic acids is 1. The molecule has 0 aliphatic rings. The predicted molar refractivity (Wildman–Crippen MR) is 65.3 cm³/mol. The minimum Gasteiger partial charge on any atom is -0.548 e. The predicted octanol–water partition coefficient (Wildman–Crippen LogP) is 0.240. The highest BCUT2D eigenvalue weighted by molar-refractivity contribution is 5.65. The molecule has 17 heavy (non-hydrogen) atoms. The molecule has 0 saturated carbocycles. The van der Waals surface area contributed by atoms with Gasteiger partial charge in [0.15, 0.2) is 6.73 Å². The first-order chi connectivity index (χ1) is 7.89. The third kappa shape index (κ3) is 17.9. The minimum absolute atomic E-state index is 0.319. The fourth-order valence-electron chi connectivity index (χ4n) is 1.11. The molecule has 0 saturated heterocycles. The number of carbonyl (C=O) groups excluding carboxylic acids is 1. The maximum Gasteiger partial charge on any atom is 0.182 e. The number of unbranched alkanes of at least 4 members (excludes halogenated alkanes) is 1. The summed E-state index contributed by atoms with van der Waals surface area (Å²) in [6.45, 7) is 6.83. The van der Waals surface area contributed by atoms with Crippen molar-refractivity contribution in [2.45, 2.75) is 26.7 Å². The maximum atomic E-state index is 9.36. The number of methoxy groups -OCH3 is 1. The smallest absolute Gasteiger partial charge is 0.182 e. The van der Waals surface area contributed by atoms with Crippen molar-refractivity contribution in [1.29, 1.82) is 0 Å². The first-order valence-electron chi connectivity index (χ1n) is 5.98. The van der Waals surface area contributed by atoms with E-state index in [4.69, 9.17) is 4.74 Å². The van der Waals surface area contributed by atoms with Gasteiger partial charge in [-0.05, 0) is 13.3 Å². The van der Waals surface area contributed by atoms with Crippen LogP contribution in [0.15, 0.2) is 0 Å². The summed E-state index contributed by atoms with van der Waals surface area (Å²) in [6, 6.07) is 0. The molecule has 0 bridgehead atoms. The molecule has 0 unspecified atom stereocenters. The normalized spacial score (nSPS) is 10.6. The Bertz CT molecular complexity index is 173. The molecule has 0 radical (unpaired) electrons. The third-order valence-electron chi connectivity index (χ3n) is 2.02. The molecule has 0 N–H and O–H groups in total. The SMILES string of the molecule is CCCC[N+](C)(C)COCC.COCC(=O)[O-]. The maximum absolute atomic E-state index is 9.36. The van der Waals surface area contributed by atoms with Gasteiger partial charge in [-0.3, -0.25) is 0 Å². The first kappa shape index (κ1) is 18.7. The molecule has 0 atom stereocenters. The van der Waals surface area contributed by atoms with Gasteiger partial charge in [0.05, 0.1) is 33.2 Å². The highest BCUT2D eigenvalue weighted by Gasteiger charge is 2.12. The van der Waals surface area contributed by atoms with E-state index in [1.165, 1.54) is 26.5 Å². The van der Waals surface area contributed by atoms with Crippen LogP contribution in [0.1, 0.15) is 26.7 Å². The highest BCUT2D eigenvalue weighted by atomic mass is 16.5. The zero-order chi connectivity index (χ0) is 13.7. The summed E-state index contributed by atoms with van der Waals surface area (Å²) in [6.07, 6.45) is 2.56. The molecular formula is C12H27NO4. The van der Waals surface area contributed by atoms with Crippen LogP contribution in [-0.2, 0) is 14.3 Å². The van der Waals surface area contributed by atoms with Crippen molar-refractivity contribution in [2.75, 3.05) is 47.7 Å². The number of hydrogen-bond donors (Lipinski definition) is 0. The number of carboxylic acids is 1. The number of carboxylic acid groups (broad SMARTS) is 1. The molecule has 5 nitrogen and oxygen atoms in total. The molecule has 0 aromatic rings. The Hall–Kier alpha value is -0.650. The largest absolute Gasteiger partial charge is 0.548 e. The molecule has 5 heteroatoms. The van der Waals surface area contributed by atoms with Gasteiger partial charge in [0.2, 0.25) is 0 Å². The molecule has 0 heterocycles. The number of nitrogens with zero attached hydrogens (tertiary/aromatic N) is 1. The van der Waals surface area contributed by atoms with E-state index in [2.05, 4.69) is 25.8 Å². The number of carbonyl (C=O) groups is 1. The lowest BCUT2D eigenvalue weighted by atomic mass is 10.3. The van der Waals surface area contributed by atoms with E-state index in [9.17, 15) is 9.90 Å². The Labute approximate surface area is 105 Å². The van der Waals surface area contributed by atoms with Crippen LogP contribution in [0.25, 0.3) is 0 Å². The summed E-state index contributed by atoms with van der Waals surface area (Å²) in [7, 11) is 5.73. The van der Waals surface area contributed by atoms with E-state index >= 15 is 0 Å². The van der Waals surface area contributed by atoms with E-state index in [1.54, 1.807) is 0 Å². The van der Waals surface area contributed by atoms with Crippen LogP contribution in [0, 0.1) is 0 Å². The Balaban J connectivity index is 0. The van der Waals surface area contributed by atoms with Crippen LogP contribution in [0.2, 0.25) is 0 Å². The molecule has 0 aromatic heterocycles. The second-order valence-corrected chi connectivity index (χ2v) is 4.44. The number of ether oxygens (including phenoxy) is 2. The third-order valence-corrected chi connectivity index (χ3v) is 2.02. The van der Waals surface area contributed by atoms with Gasteiger partial charge >= 0.3 is 0 Å². The lowest BCUT2D eigenvalue weighted by molar-refractivity contribution is -0.909. The molecule has 0 aliphatic carbocycles. The van der Waals surface area contributed by atoms with Crippen molar-refractivity contribution in [3.8, 4) is 0 Å². The van der Waals surface area contributed by atoms with Gasteiger partial charge in [-0.1, -0.05) is 13.3 Å². The van der Waals surface area contributed by atoms with Gasteiger partial charge in [-0.2, -0.15) is 0 Å². The van der Waals surface area contributed by atoms with E-state index in [0.29, 0.717) is 0 Å². The molecule has 0 aliphatic heterocycles. The monoisotopic (exact) mass is 249 g/mol. The van der Waals surface area contributed by atoms with Crippen molar-refractivity contribution in [2.24, 2.45) is 0 Å². The van der Waals surface area contributed by atoms with Crippen molar-refractivity contribution in [1.82, 2.24) is 0 Å².